The zero-order valence-electron chi connectivity index (χ0n) is 13.6. The Morgan fingerprint density at radius 3 is 2.67 bits per heavy atom. The molecule has 0 atom stereocenters. The van der Waals surface area contributed by atoms with Crippen molar-refractivity contribution in [3.8, 4) is 11.8 Å². The Kier molecular flexibility index (Phi) is 4.28. The molecule has 0 spiro atoms. The van der Waals surface area contributed by atoms with E-state index in [1.54, 1.807) is 25.3 Å². The summed E-state index contributed by atoms with van der Waals surface area (Å²) in [6, 6.07) is 13.4. The number of rotatable bonds is 3. The first kappa shape index (κ1) is 16.1. The first-order valence-corrected chi connectivity index (χ1v) is 7.82. The summed E-state index contributed by atoms with van der Waals surface area (Å²) in [5.41, 5.74) is 4.20. The molecular formula is C19H16ClN3O. The van der Waals surface area contributed by atoms with Gasteiger partial charge in [-0.1, -0.05) is 23.2 Å². The van der Waals surface area contributed by atoms with Gasteiger partial charge >= 0.3 is 0 Å². The van der Waals surface area contributed by atoms with Gasteiger partial charge in [0.1, 0.15) is 17.6 Å². The molecule has 4 nitrogen and oxygen atoms in total. The average Bonchev–Trinajstić information content (AvgIpc) is 2.55. The number of pyridine rings is 1. The Balaban J connectivity index is 2.16. The van der Waals surface area contributed by atoms with Crippen molar-refractivity contribution < 1.29 is 4.74 Å². The standard InChI is InChI=1S/C19H16ClN3O/c1-11-6-12(2)18-13(7-11)8-14(10-21)19(23-18)22-16-9-15(20)4-5-17(16)24-3/h4-9H,1-3H3,(H,22,23). The van der Waals surface area contributed by atoms with Crippen LogP contribution in [0.4, 0.5) is 11.5 Å². The number of hydrogen-bond acceptors (Lipinski definition) is 4. The highest BCUT2D eigenvalue weighted by Gasteiger charge is 2.12. The van der Waals surface area contributed by atoms with Crippen LogP contribution in [0.15, 0.2) is 36.4 Å². The van der Waals surface area contributed by atoms with Gasteiger partial charge in [-0.05, 0) is 49.7 Å². The number of nitrogens with zero attached hydrogens (tertiary/aromatic N) is 2. The highest BCUT2D eigenvalue weighted by Crippen LogP contribution is 2.32. The Hall–Kier alpha value is -2.77. The number of anilines is 2. The molecule has 0 aliphatic heterocycles. The van der Waals surface area contributed by atoms with Gasteiger partial charge in [0.05, 0.1) is 23.9 Å². The van der Waals surface area contributed by atoms with Gasteiger partial charge in [-0.15, -0.1) is 0 Å². The molecule has 0 bridgehead atoms. The molecule has 2 aromatic carbocycles. The number of halogens is 1. The maximum atomic E-state index is 9.49. The van der Waals surface area contributed by atoms with Gasteiger partial charge in [0.15, 0.2) is 0 Å². The molecule has 0 aliphatic rings. The minimum absolute atomic E-state index is 0.467. The van der Waals surface area contributed by atoms with E-state index in [0.717, 1.165) is 22.0 Å². The van der Waals surface area contributed by atoms with Crippen LogP contribution in [-0.2, 0) is 0 Å². The minimum Gasteiger partial charge on any atom is -0.495 e. The average molecular weight is 338 g/mol. The van der Waals surface area contributed by atoms with Gasteiger partial charge in [-0.25, -0.2) is 4.98 Å². The predicted octanol–water partition coefficient (Wildman–Crippen LogP) is 5.13. The molecular weight excluding hydrogens is 322 g/mol. The number of fused-ring (bicyclic) bond motifs is 1. The lowest BCUT2D eigenvalue weighted by molar-refractivity contribution is 0.417. The Labute approximate surface area is 145 Å². The zero-order chi connectivity index (χ0) is 17.3. The summed E-state index contributed by atoms with van der Waals surface area (Å²) in [5.74, 6) is 1.11. The van der Waals surface area contributed by atoms with Crippen LogP contribution in [0.2, 0.25) is 5.02 Å². The van der Waals surface area contributed by atoms with Gasteiger partial charge in [0.25, 0.3) is 0 Å². The maximum Gasteiger partial charge on any atom is 0.149 e. The van der Waals surface area contributed by atoms with Crippen molar-refractivity contribution in [2.75, 3.05) is 12.4 Å². The van der Waals surface area contributed by atoms with E-state index in [4.69, 9.17) is 16.3 Å². The van der Waals surface area contributed by atoms with Gasteiger partial charge in [-0.3, -0.25) is 0 Å². The summed E-state index contributed by atoms with van der Waals surface area (Å²) < 4.78 is 5.34. The normalized spacial score (nSPS) is 10.5. The van der Waals surface area contributed by atoms with Crippen molar-refractivity contribution in [2.45, 2.75) is 13.8 Å². The number of hydrogen-bond donors (Lipinski definition) is 1. The molecule has 0 saturated heterocycles. The van der Waals surface area contributed by atoms with E-state index in [0.29, 0.717) is 27.8 Å². The van der Waals surface area contributed by atoms with Crippen molar-refractivity contribution in [2.24, 2.45) is 0 Å². The quantitative estimate of drug-likeness (QED) is 0.719. The first-order chi connectivity index (χ1) is 11.5. The SMILES string of the molecule is COc1ccc(Cl)cc1Nc1nc2c(C)cc(C)cc2cc1C#N. The Morgan fingerprint density at radius 1 is 1.17 bits per heavy atom. The van der Waals surface area contributed by atoms with Crippen LogP contribution >= 0.6 is 11.6 Å². The molecule has 3 rings (SSSR count). The first-order valence-electron chi connectivity index (χ1n) is 7.44. The smallest absolute Gasteiger partial charge is 0.149 e. The lowest BCUT2D eigenvalue weighted by Gasteiger charge is -2.13. The molecule has 1 N–H and O–H groups in total. The van der Waals surface area contributed by atoms with E-state index < -0.39 is 0 Å². The second-order valence-electron chi connectivity index (χ2n) is 5.62. The van der Waals surface area contributed by atoms with Crippen molar-refractivity contribution in [1.29, 1.82) is 5.26 Å². The number of aromatic nitrogens is 1. The fourth-order valence-corrected chi connectivity index (χ4v) is 2.91. The number of aryl methyl sites for hydroxylation is 2. The van der Waals surface area contributed by atoms with Gasteiger partial charge in [0.2, 0.25) is 0 Å². The Bertz CT molecular complexity index is 976. The topological polar surface area (TPSA) is 57.9 Å². The lowest BCUT2D eigenvalue weighted by atomic mass is 10.1. The van der Waals surface area contributed by atoms with Crippen LogP contribution in [-0.4, -0.2) is 12.1 Å². The molecule has 1 aromatic heterocycles. The molecule has 5 heteroatoms. The van der Waals surface area contributed by atoms with E-state index >= 15 is 0 Å². The van der Waals surface area contributed by atoms with Crippen molar-refractivity contribution in [3.05, 3.63) is 58.1 Å². The number of benzene rings is 2. The molecule has 0 saturated carbocycles. The third-order valence-corrected chi connectivity index (χ3v) is 4.02. The summed E-state index contributed by atoms with van der Waals surface area (Å²) in [6.07, 6.45) is 0. The highest BCUT2D eigenvalue weighted by molar-refractivity contribution is 6.31. The fourth-order valence-electron chi connectivity index (χ4n) is 2.74. The van der Waals surface area contributed by atoms with E-state index in [1.165, 1.54) is 0 Å². The number of ether oxygens (including phenoxy) is 1. The van der Waals surface area contributed by atoms with E-state index in [1.807, 2.05) is 26.0 Å². The number of nitriles is 1. The van der Waals surface area contributed by atoms with Crippen LogP contribution < -0.4 is 10.1 Å². The van der Waals surface area contributed by atoms with Crippen LogP contribution in [0.1, 0.15) is 16.7 Å². The zero-order valence-corrected chi connectivity index (χ0v) is 14.4. The summed E-state index contributed by atoms with van der Waals surface area (Å²) in [4.78, 5) is 4.65. The van der Waals surface area contributed by atoms with Crippen molar-refractivity contribution >= 4 is 34.0 Å². The molecule has 3 aromatic rings. The largest absolute Gasteiger partial charge is 0.495 e. The fraction of sp³-hybridized carbons (Fsp3) is 0.158. The second kappa shape index (κ2) is 6.38. The van der Waals surface area contributed by atoms with Crippen LogP contribution in [0, 0.1) is 25.2 Å². The maximum absolute atomic E-state index is 9.49. The van der Waals surface area contributed by atoms with Gasteiger partial charge in [-0.2, -0.15) is 5.26 Å². The summed E-state index contributed by atoms with van der Waals surface area (Å²) in [7, 11) is 1.58. The molecule has 120 valence electrons. The van der Waals surface area contributed by atoms with Gasteiger partial charge < -0.3 is 10.1 Å². The lowest BCUT2D eigenvalue weighted by Crippen LogP contribution is -2.00. The second-order valence-corrected chi connectivity index (χ2v) is 6.06. The molecule has 0 amide bonds. The molecule has 0 aliphatic carbocycles. The molecule has 0 unspecified atom stereocenters. The van der Waals surface area contributed by atoms with E-state index in [-0.39, 0.29) is 0 Å². The molecule has 0 fully saturated rings. The predicted molar refractivity (Wildman–Crippen MR) is 97.2 cm³/mol. The Morgan fingerprint density at radius 2 is 1.96 bits per heavy atom. The number of nitrogens with one attached hydrogen (secondary N) is 1. The van der Waals surface area contributed by atoms with Crippen molar-refractivity contribution in [1.82, 2.24) is 4.98 Å². The summed E-state index contributed by atoms with van der Waals surface area (Å²) in [5, 5.41) is 14.2. The third kappa shape index (κ3) is 2.99. The molecule has 24 heavy (non-hydrogen) atoms. The van der Waals surface area contributed by atoms with Crippen molar-refractivity contribution in [3.63, 3.8) is 0 Å². The van der Waals surface area contributed by atoms with Crippen LogP contribution in [0.3, 0.4) is 0 Å². The van der Waals surface area contributed by atoms with Crippen LogP contribution in [0.25, 0.3) is 10.9 Å². The third-order valence-electron chi connectivity index (χ3n) is 3.79. The van der Waals surface area contributed by atoms with E-state index in [2.05, 4.69) is 22.4 Å². The summed E-state index contributed by atoms with van der Waals surface area (Å²) in [6.45, 7) is 4.04. The molecule has 0 radical (unpaired) electrons. The van der Waals surface area contributed by atoms with Crippen LogP contribution in [0.5, 0.6) is 5.75 Å². The van der Waals surface area contributed by atoms with Gasteiger partial charge in [0, 0.05) is 10.4 Å². The summed E-state index contributed by atoms with van der Waals surface area (Å²) >= 11 is 6.07. The number of methoxy groups -OCH3 is 1. The minimum atomic E-state index is 0.467. The highest BCUT2D eigenvalue weighted by atomic mass is 35.5. The molecule has 1 heterocycles. The monoisotopic (exact) mass is 337 g/mol. The van der Waals surface area contributed by atoms with E-state index in [9.17, 15) is 5.26 Å².